The molecule has 0 amide bonds. The highest BCUT2D eigenvalue weighted by molar-refractivity contribution is 7.09. The Bertz CT molecular complexity index is 806. The molecule has 2 heterocycles. The third kappa shape index (κ3) is 3.77. The largest absolute Gasteiger partial charge is 0.493 e. The molecule has 126 valence electrons. The molecule has 1 aromatic carbocycles. The van der Waals surface area contributed by atoms with E-state index in [1.165, 1.54) is 0 Å². The van der Waals surface area contributed by atoms with E-state index in [2.05, 4.69) is 20.8 Å². The Kier molecular flexibility index (Phi) is 5.17. The maximum Gasteiger partial charge on any atom is 0.242 e. The second-order valence-corrected chi connectivity index (χ2v) is 6.40. The van der Waals surface area contributed by atoms with Crippen molar-refractivity contribution in [3.8, 4) is 11.5 Å². The predicted octanol–water partition coefficient (Wildman–Crippen LogP) is 3.12. The zero-order valence-electron chi connectivity index (χ0n) is 13.2. The van der Waals surface area contributed by atoms with Crippen molar-refractivity contribution < 1.29 is 9.47 Å². The van der Waals surface area contributed by atoms with Gasteiger partial charge >= 0.3 is 0 Å². The van der Waals surface area contributed by atoms with E-state index >= 15 is 0 Å². The number of hydrogen-bond donors (Lipinski definition) is 1. The van der Waals surface area contributed by atoms with Gasteiger partial charge in [-0.2, -0.15) is 0 Å². The van der Waals surface area contributed by atoms with Crippen LogP contribution in [0.25, 0.3) is 0 Å². The minimum Gasteiger partial charge on any atom is -0.493 e. The molecular weight excluding hydrogens is 350 g/mol. The summed E-state index contributed by atoms with van der Waals surface area (Å²) in [7, 11) is 3.35. The molecule has 24 heavy (non-hydrogen) atoms. The summed E-state index contributed by atoms with van der Waals surface area (Å²) in [6.45, 7) is 0.964. The van der Waals surface area contributed by atoms with Crippen LogP contribution in [0.2, 0.25) is 5.02 Å². The van der Waals surface area contributed by atoms with Gasteiger partial charge in [0.05, 0.1) is 12.1 Å². The molecule has 0 aliphatic carbocycles. The Morgan fingerprint density at radius 3 is 2.92 bits per heavy atom. The van der Waals surface area contributed by atoms with Crippen LogP contribution in [-0.2, 0) is 20.2 Å². The quantitative estimate of drug-likeness (QED) is 0.693. The number of aromatic nitrogens is 4. The fourth-order valence-corrected chi connectivity index (χ4v) is 3.02. The summed E-state index contributed by atoms with van der Waals surface area (Å²) in [4.78, 5) is 1.12. The number of hydrogen-bond acceptors (Lipinski definition) is 7. The lowest BCUT2D eigenvalue weighted by Crippen LogP contribution is -2.06. The second kappa shape index (κ2) is 7.50. The van der Waals surface area contributed by atoms with Crippen LogP contribution in [0, 0.1) is 0 Å². The Labute approximate surface area is 148 Å². The molecule has 9 heteroatoms. The van der Waals surface area contributed by atoms with Crippen molar-refractivity contribution in [3.63, 3.8) is 0 Å². The van der Waals surface area contributed by atoms with Gasteiger partial charge in [-0.15, -0.1) is 11.3 Å². The first kappa shape index (κ1) is 16.5. The zero-order chi connectivity index (χ0) is 16.9. The Balaban J connectivity index is 1.73. The molecule has 0 saturated carbocycles. The lowest BCUT2D eigenvalue weighted by Gasteiger charge is -2.14. The SMILES string of the molecule is COc1cc(CNc2nnnn2C)cc(Cl)c1OCc1cccs1. The lowest BCUT2D eigenvalue weighted by atomic mass is 10.2. The van der Waals surface area contributed by atoms with Gasteiger partial charge in [-0.3, -0.25) is 0 Å². The number of methoxy groups -OCH3 is 1. The Morgan fingerprint density at radius 2 is 2.25 bits per heavy atom. The molecule has 0 bridgehead atoms. The number of nitrogens with one attached hydrogen (secondary N) is 1. The van der Waals surface area contributed by atoms with Crippen LogP contribution in [0.15, 0.2) is 29.6 Å². The molecule has 0 unspecified atom stereocenters. The number of nitrogens with zero attached hydrogens (tertiary/aromatic N) is 4. The van der Waals surface area contributed by atoms with Crippen LogP contribution in [0.5, 0.6) is 11.5 Å². The first-order valence-electron chi connectivity index (χ1n) is 7.15. The molecule has 0 spiro atoms. The fraction of sp³-hybridized carbons (Fsp3) is 0.267. The highest BCUT2D eigenvalue weighted by atomic mass is 35.5. The molecule has 0 aliphatic rings. The normalized spacial score (nSPS) is 10.6. The summed E-state index contributed by atoms with van der Waals surface area (Å²) in [5, 5.41) is 16.9. The molecular formula is C15H16ClN5O2S. The van der Waals surface area contributed by atoms with Crippen LogP contribution in [0.1, 0.15) is 10.4 Å². The van der Waals surface area contributed by atoms with E-state index in [4.69, 9.17) is 21.1 Å². The number of aryl methyl sites for hydroxylation is 1. The number of benzene rings is 1. The van der Waals surface area contributed by atoms with Crippen molar-refractivity contribution >= 4 is 28.9 Å². The van der Waals surface area contributed by atoms with Crippen LogP contribution in [-0.4, -0.2) is 27.3 Å². The van der Waals surface area contributed by atoms with E-state index < -0.39 is 0 Å². The van der Waals surface area contributed by atoms with E-state index in [0.717, 1.165) is 10.4 Å². The maximum atomic E-state index is 6.37. The zero-order valence-corrected chi connectivity index (χ0v) is 14.8. The lowest BCUT2D eigenvalue weighted by molar-refractivity contribution is 0.287. The highest BCUT2D eigenvalue weighted by Gasteiger charge is 2.13. The number of tetrazole rings is 1. The van der Waals surface area contributed by atoms with Gasteiger partial charge in [-0.1, -0.05) is 22.8 Å². The van der Waals surface area contributed by atoms with E-state index in [1.54, 1.807) is 30.2 Å². The van der Waals surface area contributed by atoms with Gasteiger partial charge in [0.2, 0.25) is 5.95 Å². The average molecular weight is 366 g/mol. The predicted molar refractivity (Wildman–Crippen MR) is 92.8 cm³/mol. The number of thiophene rings is 1. The third-order valence-corrected chi connectivity index (χ3v) is 4.43. The topological polar surface area (TPSA) is 74.1 Å². The summed E-state index contributed by atoms with van der Waals surface area (Å²) in [5.41, 5.74) is 0.934. The van der Waals surface area contributed by atoms with Gasteiger partial charge < -0.3 is 14.8 Å². The van der Waals surface area contributed by atoms with Crippen LogP contribution in [0.4, 0.5) is 5.95 Å². The van der Waals surface area contributed by atoms with Crippen molar-refractivity contribution in [2.45, 2.75) is 13.2 Å². The van der Waals surface area contributed by atoms with Crippen molar-refractivity contribution in [3.05, 3.63) is 45.1 Å². The van der Waals surface area contributed by atoms with Gasteiger partial charge in [0.1, 0.15) is 6.61 Å². The van der Waals surface area contributed by atoms with Crippen molar-refractivity contribution in [2.75, 3.05) is 12.4 Å². The molecule has 2 aromatic heterocycles. The van der Waals surface area contributed by atoms with Gasteiger partial charge in [0, 0.05) is 18.5 Å². The maximum absolute atomic E-state index is 6.37. The van der Waals surface area contributed by atoms with E-state index in [-0.39, 0.29) is 0 Å². The number of halogens is 1. The fourth-order valence-electron chi connectivity index (χ4n) is 2.11. The smallest absolute Gasteiger partial charge is 0.242 e. The van der Waals surface area contributed by atoms with E-state index in [1.807, 2.05) is 29.6 Å². The Hall–Kier alpha value is -2.32. The third-order valence-electron chi connectivity index (χ3n) is 3.30. The van der Waals surface area contributed by atoms with Gasteiger partial charge in [0.25, 0.3) is 0 Å². The molecule has 0 aliphatic heterocycles. The van der Waals surface area contributed by atoms with Crippen molar-refractivity contribution in [1.29, 1.82) is 0 Å². The summed E-state index contributed by atoms with van der Waals surface area (Å²) in [6.07, 6.45) is 0. The van der Waals surface area contributed by atoms with Gasteiger partial charge in [-0.25, -0.2) is 4.68 Å². The van der Waals surface area contributed by atoms with Crippen LogP contribution >= 0.6 is 22.9 Å². The second-order valence-electron chi connectivity index (χ2n) is 4.96. The summed E-state index contributed by atoms with van der Waals surface area (Å²) < 4.78 is 12.8. The molecule has 0 fully saturated rings. The Morgan fingerprint density at radius 1 is 1.38 bits per heavy atom. The first-order valence-corrected chi connectivity index (χ1v) is 8.41. The summed E-state index contributed by atoms with van der Waals surface area (Å²) in [6, 6.07) is 7.72. The van der Waals surface area contributed by atoms with Gasteiger partial charge in [0.15, 0.2) is 11.5 Å². The van der Waals surface area contributed by atoms with Gasteiger partial charge in [-0.05, 0) is 39.6 Å². The number of anilines is 1. The molecule has 0 atom stereocenters. The molecule has 1 N–H and O–H groups in total. The first-order chi connectivity index (χ1) is 11.7. The minimum atomic E-state index is 0.454. The van der Waals surface area contributed by atoms with Crippen molar-refractivity contribution in [1.82, 2.24) is 20.2 Å². The molecule has 0 saturated heterocycles. The highest BCUT2D eigenvalue weighted by Crippen LogP contribution is 2.37. The van der Waals surface area contributed by atoms with E-state index in [9.17, 15) is 0 Å². The van der Waals surface area contributed by atoms with Crippen molar-refractivity contribution in [2.24, 2.45) is 7.05 Å². The molecule has 3 aromatic rings. The summed E-state index contributed by atoms with van der Waals surface area (Å²) >= 11 is 8.00. The average Bonchev–Trinajstić information content (AvgIpc) is 3.23. The standard InChI is InChI=1S/C15H16ClN5O2S/c1-21-15(18-19-20-21)17-8-10-6-12(16)14(13(7-10)22-2)23-9-11-4-3-5-24-11/h3-7H,8-9H2,1-2H3,(H,17,18,20). The molecule has 7 nitrogen and oxygen atoms in total. The number of rotatable bonds is 7. The monoisotopic (exact) mass is 365 g/mol. The van der Waals surface area contributed by atoms with Crippen LogP contribution in [0.3, 0.4) is 0 Å². The molecule has 0 radical (unpaired) electrons. The summed E-state index contributed by atoms with van der Waals surface area (Å²) in [5.74, 6) is 1.70. The van der Waals surface area contributed by atoms with Crippen LogP contribution < -0.4 is 14.8 Å². The minimum absolute atomic E-state index is 0.454. The number of ether oxygens (including phenoxy) is 2. The molecule has 3 rings (SSSR count). The van der Waals surface area contributed by atoms with E-state index in [0.29, 0.717) is 35.6 Å².